The normalized spacial score (nSPS) is 11.6. The van der Waals surface area contributed by atoms with Crippen molar-refractivity contribution in [1.82, 2.24) is 9.66 Å². The van der Waals surface area contributed by atoms with Crippen LogP contribution in [-0.2, 0) is 6.61 Å². The maximum atomic E-state index is 14.0. The molecule has 40 heavy (non-hydrogen) atoms. The van der Waals surface area contributed by atoms with Crippen molar-refractivity contribution in [2.45, 2.75) is 6.61 Å². The van der Waals surface area contributed by atoms with Crippen LogP contribution in [0.5, 0.6) is 5.75 Å². The standard InChI is InChI=1S/C30H17ClFI2N3O3/c31-20-9-10-26-19(13-20)14-27(40-26)29-36-25-8-4-2-6-21(25)30(38)37(29)35-15-17-11-23(33)28(24(34)12-17)39-16-18-5-1-3-7-22(18)32/h1-15H,16H2. The van der Waals surface area contributed by atoms with Gasteiger partial charge in [0.2, 0.25) is 5.82 Å². The third-order valence-corrected chi connectivity index (χ3v) is 7.96. The number of para-hydroxylation sites is 1. The number of hydrogen-bond donors (Lipinski definition) is 0. The van der Waals surface area contributed by atoms with Crippen molar-refractivity contribution in [2.75, 3.05) is 0 Å². The van der Waals surface area contributed by atoms with Crippen molar-refractivity contribution < 1.29 is 13.5 Å². The van der Waals surface area contributed by atoms with Crippen LogP contribution in [0.1, 0.15) is 11.1 Å². The second kappa shape index (κ2) is 11.3. The molecule has 2 heterocycles. The van der Waals surface area contributed by atoms with Gasteiger partial charge in [0.25, 0.3) is 5.56 Å². The zero-order valence-corrected chi connectivity index (χ0v) is 25.5. The minimum absolute atomic E-state index is 0.107. The first kappa shape index (κ1) is 26.9. The third-order valence-electron chi connectivity index (χ3n) is 6.13. The number of rotatable bonds is 6. The van der Waals surface area contributed by atoms with E-state index in [-0.39, 0.29) is 23.8 Å². The molecule has 0 atom stereocenters. The predicted octanol–water partition coefficient (Wildman–Crippen LogP) is 8.27. The van der Waals surface area contributed by atoms with Gasteiger partial charge in [-0.15, -0.1) is 0 Å². The molecule has 0 saturated carbocycles. The number of fused-ring (bicyclic) bond motifs is 2. The summed E-state index contributed by atoms with van der Waals surface area (Å²) in [6.45, 7) is 0.107. The zero-order valence-electron chi connectivity index (χ0n) is 20.4. The minimum atomic E-state index is -0.329. The fourth-order valence-electron chi connectivity index (χ4n) is 4.20. The number of halogens is 4. The molecule has 0 bridgehead atoms. The Bertz CT molecular complexity index is 1980. The second-order valence-corrected chi connectivity index (χ2v) is 11.6. The fourth-order valence-corrected chi connectivity index (χ4v) is 6.50. The predicted molar refractivity (Wildman–Crippen MR) is 172 cm³/mol. The number of ether oxygens (including phenoxy) is 1. The van der Waals surface area contributed by atoms with Gasteiger partial charge in [0, 0.05) is 16.0 Å². The largest absolute Gasteiger partial charge is 0.487 e. The summed E-state index contributed by atoms with van der Waals surface area (Å²) in [5.74, 6) is 0.988. The van der Waals surface area contributed by atoms with Crippen molar-refractivity contribution >= 4 is 84.9 Å². The van der Waals surface area contributed by atoms with E-state index >= 15 is 0 Å². The van der Waals surface area contributed by atoms with E-state index in [0.717, 1.165) is 18.1 Å². The monoisotopic (exact) mass is 775 g/mol. The first-order valence-corrected chi connectivity index (χ1v) is 14.5. The van der Waals surface area contributed by atoms with Crippen LogP contribution < -0.4 is 10.3 Å². The lowest BCUT2D eigenvalue weighted by Gasteiger charge is -2.12. The molecule has 0 unspecified atom stereocenters. The molecule has 4 aromatic carbocycles. The van der Waals surface area contributed by atoms with Gasteiger partial charge in [-0.2, -0.15) is 9.78 Å². The van der Waals surface area contributed by atoms with Crippen LogP contribution in [0, 0.1) is 13.0 Å². The number of aromatic nitrogens is 2. The van der Waals surface area contributed by atoms with Crippen molar-refractivity contribution in [1.29, 1.82) is 0 Å². The van der Waals surface area contributed by atoms with Crippen LogP contribution in [0.25, 0.3) is 33.5 Å². The topological polar surface area (TPSA) is 69.6 Å². The highest BCUT2D eigenvalue weighted by Crippen LogP contribution is 2.31. The van der Waals surface area contributed by atoms with Gasteiger partial charge in [-0.3, -0.25) is 4.79 Å². The molecule has 0 aliphatic rings. The number of benzene rings is 4. The van der Waals surface area contributed by atoms with E-state index in [2.05, 4.69) is 50.3 Å². The minimum Gasteiger partial charge on any atom is -0.487 e. The summed E-state index contributed by atoms with van der Waals surface area (Å²) in [6, 6.07) is 24.5. The Morgan fingerprint density at radius 2 is 1.75 bits per heavy atom. The summed E-state index contributed by atoms with van der Waals surface area (Å²) >= 11 is 10.5. The van der Waals surface area contributed by atoms with Gasteiger partial charge in [0.15, 0.2) is 5.76 Å². The highest BCUT2D eigenvalue weighted by molar-refractivity contribution is 14.1. The smallest absolute Gasteiger partial charge is 0.282 e. The summed E-state index contributed by atoms with van der Waals surface area (Å²) in [7, 11) is 0. The van der Waals surface area contributed by atoms with E-state index in [9.17, 15) is 9.18 Å². The second-order valence-electron chi connectivity index (χ2n) is 8.80. The van der Waals surface area contributed by atoms with E-state index in [1.165, 1.54) is 10.7 Å². The van der Waals surface area contributed by atoms with E-state index in [4.69, 9.17) is 25.7 Å². The molecule has 0 saturated heterocycles. The summed E-state index contributed by atoms with van der Waals surface area (Å²) in [5.41, 5.74) is 2.04. The van der Waals surface area contributed by atoms with Crippen LogP contribution >= 0.6 is 56.8 Å². The Hall–Kier alpha value is -3.29. The molecule has 0 amide bonds. The molecule has 0 spiro atoms. The van der Waals surface area contributed by atoms with Crippen LogP contribution in [0.2, 0.25) is 5.02 Å². The Labute approximate surface area is 259 Å². The molecule has 6 nitrogen and oxygen atoms in total. The van der Waals surface area contributed by atoms with Gasteiger partial charge in [-0.1, -0.05) is 41.9 Å². The molecule has 0 aliphatic heterocycles. The fraction of sp³-hybridized carbons (Fsp3) is 0.0333. The maximum absolute atomic E-state index is 14.0. The average Bonchev–Trinajstić information content (AvgIpc) is 3.36. The summed E-state index contributed by atoms with van der Waals surface area (Å²) in [6.07, 6.45) is 1.59. The van der Waals surface area contributed by atoms with E-state index in [0.29, 0.717) is 38.6 Å². The van der Waals surface area contributed by atoms with E-state index in [1.54, 1.807) is 66.9 Å². The molecule has 2 aromatic heterocycles. The number of nitrogens with zero attached hydrogens (tertiary/aromatic N) is 3. The van der Waals surface area contributed by atoms with Gasteiger partial charge >= 0.3 is 0 Å². The van der Waals surface area contributed by atoms with Crippen molar-refractivity contribution in [3.8, 4) is 17.3 Å². The summed E-state index contributed by atoms with van der Waals surface area (Å²) < 4.78 is 28.9. The molecule has 0 N–H and O–H groups in total. The average molecular weight is 776 g/mol. The molecule has 198 valence electrons. The van der Waals surface area contributed by atoms with E-state index in [1.807, 2.05) is 18.2 Å². The molecular weight excluding hydrogens is 759 g/mol. The van der Waals surface area contributed by atoms with Crippen LogP contribution in [0.15, 0.2) is 99.2 Å². The SMILES string of the molecule is O=c1c2ccccc2nc(-c2cc3cc(Cl)ccc3o2)n1N=Cc1cc(I)c(OCc2ccccc2F)c(I)c1. The number of furan rings is 1. The van der Waals surface area contributed by atoms with Gasteiger partial charge in [0.05, 0.1) is 24.3 Å². The van der Waals surface area contributed by atoms with Crippen molar-refractivity contribution in [3.63, 3.8) is 0 Å². The number of hydrogen-bond acceptors (Lipinski definition) is 5. The first-order valence-electron chi connectivity index (χ1n) is 12.0. The van der Waals surface area contributed by atoms with E-state index < -0.39 is 0 Å². The lowest BCUT2D eigenvalue weighted by molar-refractivity contribution is 0.295. The van der Waals surface area contributed by atoms with Crippen LogP contribution in [-0.4, -0.2) is 15.9 Å². The maximum Gasteiger partial charge on any atom is 0.282 e. The highest BCUT2D eigenvalue weighted by Gasteiger charge is 2.17. The van der Waals surface area contributed by atoms with Gasteiger partial charge in [-0.25, -0.2) is 9.37 Å². The Morgan fingerprint density at radius 1 is 1.00 bits per heavy atom. The van der Waals surface area contributed by atoms with Gasteiger partial charge < -0.3 is 9.15 Å². The van der Waals surface area contributed by atoms with Crippen LogP contribution in [0.4, 0.5) is 4.39 Å². The van der Waals surface area contributed by atoms with Gasteiger partial charge in [0.1, 0.15) is 23.8 Å². The lowest BCUT2D eigenvalue weighted by Crippen LogP contribution is -2.20. The highest BCUT2D eigenvalue weighted by atomic mass is 127. The molecule has 0 fully saturated rings. The molecule has 6 aromatic rings. The Kier molecular flexibility index (Phi) is 7.60. The van der Waals surface area contributed by atoms with Crippen LogP contribution in [0.3, 0.4) is 0 Å². The van der Waals surface area contributed by atoms with Crippen molar-refractivity contribution in [2.24, 2.45) is 5.10 Å². The lowest BCUT2D eigenvalue weighted by atomic mass is 10.2. The van der Waals surface area contributed by atoms with Gasteiger partial charge in [-0.05, 0) is 105 Å². The molecule has 0 radical (unpaired) electrons. The molecule has 10 heteroatoms. The van der Waals surface area contributed by atoms with Crippen molar-refractivity contribution in [3.05, 3.63) is 124 Å². The molecule has 6 rings (SSSR count). The Morgan fingerprint density at radius 3 is 2.55 bits per heavy atom. The summed E-state index contributed by atoms with van der Waals surface area (Å²) in [4.78, 5) is 18.3. The molecular formula is C30H17ClFI2N3O3. The zero-order chi connectivity index (χ0) is 27.8. The Balaban J connectivity index is 1.39. The first-order chi connectivity index (χ1) is 19.4. The third kappa shape index (κ3) is 5.37. The quantitative estimate of drug-likeness (QED) is 0.126. The summed E-state index contributed by atoms with van der Waals surface area (Å²) in [5, 5.41) is 6.34. The molecule has 0 aliphatic carbocycles.